The molecule has 1 atom stereocenters. The number of halogens is 1. The largest absolute Gasteiger partial charge is 0.382 e. The smallest absolute Gasteiger partial charge is 0.276 e. The van der Waals surface area contributed by atoms with Crippen LogP contribution in [-0.4, -0.2) is 34.1 Å². The number of nitrogens with zero attached hydrogens (tertiary/aromatic N) is 3. The minimum atomic E-state index is -4.19. The SMILES string of the molecule is Cc1ccc(S(=O)(=O)N/N=C(\c2nc3ccc(Cl)cc3[nH]c2=O)[C@@H](O)c2cccc([N+](=O)[O-])c2)cc1. The van der Waals surface area contributed by atoms with Gasteiger partial charge in [0.25, 0.3) is 21.3 Å². The van der Waals surface area contributed by atoms with Crippen molar-refractivity contribution in [2.75, 3.05) is 0 Å². The van der Waals surface area contributed by atoms with E-state index in [0.29, 0.717) is 10.5 Å². The molecular weight excluding hydrogens is 510 g/mol. The van der Waals surface area contributed by atoms with Gasteiger partial charge in [-0.05, 0) is 42.8 Å². The number of hydrazone groups is 1. The van der Waals surface area contributed by atoms with E-state index >= 15 is 0 Å². The van der Waals surface area contributed by atoms with Gasteiger partial charge < -0.3 is 10.1 Å². The molecular formula is C23H18ClN5O6S. The third-order valence-corrected chi connectivity index (χ3v) is 6.63. The molecule has 1 heterocycles. The number of hydrogen-bond donors (Lipinski definition) is 3. The number of rotatable bonds is 7. The van der Waals surface area contributed by atoms with E-state index in [2.05, 4.69) is 15.1 Å². The zero-order valence-corrected chi connectivity index (χ0v) is 20.1. The number of aliphatic hydroxyl groups excluding tert-OH is 1. The van der Waals surface area contributed by atoms with E-state index in [9.17, 15) is 28.4 Å². The Morgan fingerprint density at radius 3 is 2.58 bits per heavy atom. The molecule has 184 valence electrons. The van der Waals surface area contributed by atoms with Crippen molar-refractivity contribution < 1.29 is 18.4 Å². The van der Waals surface area contributed by atoms with E-state index in [1.165, 1.54) is 48.5 Å². The number of nitro groups is 1. The second kappa shape index (κ2) is 9.85. The first-order chi connectivity index (χ1) is 17.0. The average molecular weight is 528 g/mol. The predicted molar refractivity (Wildman–Crippen MR) is 133 cm³/mol. The zero-order chi connectivity index (χ0) is 26.0. The number of sulfonamides is 1. The van der Waals surface area contributed by atoms with Gasteiger partial charge in [0.05, 0.1) is 20.9 Å². The molecule has 4 rings (SSSR count). The molecule has 0 bridgehead atoms. The Bertz CT molecular complexity index is 1670. The summed E-state index contributed by atoms with van der Waals surface area (Å²) in [5, 5.41) is 26.5. The monoisotopic (exact) mass is 527 g/mol. The second-order valence-corrected chi connectivity index (χ2v) is 9.83. The fraction of sp³-hybridized carbons (Fsp3) is 0.0870. The maximum atomic E-state index is 12.9. The quantitative estimate of drug-likeness (QED) is 0.188. The van der Waals surface area contributed by atoms with Gasteiger partial charge in [0.1, 0.15) is 11.8 Å². The minimum Gasteiger partial charge on any atom is -0.382 e. The molecule has 13 heteroatoms. The van der Waals surface area contributed by atoms with Crippen LogP contribution in [0, 0.1) is 17.0 Å². The average Bonchev–Trinajstić information content (AvgIpc) is 2.84. The molecule has 0 amide bonds. The third kappa shape index (κ3) is 5.25. The van der Waals surface area contributed by atoms with Crippen LogP contribution in [0.15, 0.2) is 81.5 Å². The molecule has 0 saturated heterocycles. The Balaban J connectivity index is 1.85. The van der Waals surface area contributed by atoms with Crippen molar-refractivity contribution in [2.24, 2.45) is 5.10 Å². The first-order valence-corrected chi connectivity index (χ1v) is 12.2. The zero-order valence-electron chi connectivity index (χ0n) is 18.5. The molecule has 0 spiro atoms. The molecule has 0 unspecified atom stereocenters. The number of non-ortho nitro benzene ring substituents is 1. The highest BCUT2D eigenvalue weighted by atomic mass is 35.5. The molecule has 36 heavy (non-hydrogen) atoms. The van der Waals surface area contributed by atoms with E-state index in [1.807, 2.05) is 4.83 Å². The number of benzene rings is 3. The topological polar surface area (TPSA) is 168 Å². The normalized spacial score (nSPS) is 12.9. The van der Waals surface area contributed by atoms with Crippen LogP contribution >= 0.6 is 11.6 Å². The molecule has 3 N–H and O–H groups in total. The lowest BCUT2D eigenvalue weighted by atomic mass is 10.0. The van der Waals surface area contributed by atoms with Gasteiger partial charge in [-0.2, -0.15) is 18.4 Å². The molecule has 3 aromatic carbocycles. The van der Waals surface area contributed by atoms with Gasteiger partial charge in [-0.25, -0.2) is 4.98 Å². The summed E-state index contributed by atoms with van der Waals surface area (Å²) in [6.07, 6.45) is -1.75. The lowest BCUT2D eigenvalue weighted by Gasteiger charge is -2.14. The Morgan fingerprint density at radius 1 is 1.17 bits per heavy atom. The van der Waals surface area contributed by atoms with Gasteiger partial charge >= 0.3 is 0 Å². The van der Waals surface area contributed by atoms with Crippen molar-refractivity contribution in [3.63, 3.8) is 0 Å². The van der Waals surface area contributed by atoms with Crippen molar-refractivity contribution in [1.29, 1.82) is 0 Å². The highest BCUT2D eigenvalue weighted by Crippen LogP contribution is 2.23. The van der Waals surface area contributed by atoms with Crippen molar-refractivity contribution in [1.82, 2.24) is 14.8 Å². The van der Waals surface area contributed by atoms with Crippen LogP contribution in [0.5, 0.6) is 0 Å². The van der Waals surface area contributed by atoms with E-state index in [1.54, 1.807) is 19.1 Å². The number of hydrogen-bond acceptors (Lipinski definition) is 8. The maximum Gasteiger partial charge on any atom is 0.276 e. The Morgan fingerprint density at radius 2 is 1.89 bits per heavy atom. The summed E-state index contributed by atoms with van der Waals surface area (Å²) in [6.45, 7) is 1.79. The van der Waals surface area contributed by atoms with Crippen LogP contribution in [0.1, 0.15) is 22.9 Å². The van der Waals surface area contributed by atoms with Crippen molar-refractivity contribution in [3.8, 4) is 0 Å². The minimum absolute atomic E-state index is 0.00473. The van der Waals surface area contributed by atoms with Crippen LogP contribution in [-0.2, 0) is 10.0 Å². The van der Waals surface area contributed by atoms with Gasteiger partial charge in [-0.1, -0.05) is 41.4 Å². The number of aromatic nitrogens is 2. The van der Waals surface area contributed by atoms with Gasteiger partial charge in [-0.15, -0.1) is 0 Å². The van der Waals surface area contributed by atoms with Crippen LogP contribution in [0.2, 0.25) is 5.02 Å². The molecule has 0 saturated carbocycles. The summed E-state index contributed by atoms with van der Waals surface area (Å²) in [4.78, 5) is 32.2. The number of fused-ring (bicyclic) bond motifs is 1. The van der Waals surface area contributed by atoms with Gasteiger partial charge in [-0.3, -0.25) is 14.9 Å². The second-order valence-electron chi connectivity index (χ2n) is 7.74. The Kier molecular flexibility index (Phi) is 6.84. The summed E-state index contributed by atoms with van der Waals surface area (Å²) >= 11 is 5.97. The molecule has 1 aromatic heterocycles. The lowest BCUT2D eigenvalue weighted by molar-refractivity contribution is -0.385. The number of aliphatic hydroxyl groups is 1. The summed E-state index contributed by atoms with van der Waals surface area (Å²) in [7, 11) is -4.19. The molecule has 0 fully saturated rings. The highest BCUT2D eigenvalue weighted by Gasteiger charge is 2.25. The van der Waals surface area contributed by atoms with Crippen LogP contribution in [0.3, 0.4) is 0 Å². The molecule has 0 aliphatic carbocycles. The number of nitrogens with one attached hydrogen (secondary N) is 2. The summed E-state index contributed by atoms with van der Waals surface area (Å²) in [5.74, 6) is 0. The third-order valence-electron chi connectivity index (χ3n) is 5.17. The van der Waals surface area contributed by atoms with E-state index < -0.39 is 38.0 Å². The van der Waals surface area contributed by atoms with Gasteiger partial charge in [0, 0.05) is 17.2 Å². The first kappa shape index (κ1) is 25.0. The molecule has 11 nitrogen and oxygen atoms in total. The standard InChI is InChI=1S/C23H18ClN5O6S/c1-13-5-8-17(9-6-13)36(34,35)28-27-20(22(30)14-3-2-4-16(11-14)29(32)33)21-23(31)26-19-12-15(24)7-10-18(19)25-21/h2-12,22,28,30H,1H3,(H,26,31)/b27-20+/t22-/m0/s1. The van der Waals surface area contributed by atoms with E-state index in [4.69, 9.17) is 11.6 Å². The fourth-order valence-electron chi connectivity index (χ4n) is 3.32. The van der Waals surface area contributed by atoms with Gasteiger partial charge in [0.15, 0.2) is 5.69 Å². The molecule has 0 aliphatic rings. The van der Waals surface area contributed by atoms with E-state index in [-0.39, 0.29) is 21.7 Å². The fourth-order valence-corrected chi connectivity index (χ4v) is 4.31. The predicted octanol–water partition coefficient (Wildman–Crippen LogP) is 3.21. The van der Waals surface area contributed by atoms with Crippen molar-refractivity contribution >= 4 is 44.1 Å². The highest BCUT2D eigenvalue weighted by molar-refractivity contribution is 7.89. The van der Waals surface area contributed by atoms with Crippen molar-refractivity contribution in [3.05, 3.63) is 109 Å². The molecule has 4 aromatic rings. The number of nitro benzene ring substituents is 1. The molecule has 0 radical (unpaired) electrons. The number of aryl methyl sites for hydroxylation is 1. The van der Waals surface area contributed by atoms with Crippen LogP contribution < -0.4 is 10.4 Å². The summed E-state index contributed by atoms with van der Waals surface area (Å²) in [5.41, 5.74) is -0.542. The number of aromatic amines is 1. The van der Waals surface area contributed by atoms with Crippen LogP contribution in [0.4, 0.5) is 5.69 Å². The lowest BCUT2D eigenvalue weighted by Crippen LogP contribution is -2.29. The van der Waals surface area contributed by atoms with Gasteiger partial charge in [0.2, 0.25) is 0 Å². The number of H-pyrrole nitrogens is 1. The van der Waals surface area contributed by atoms with Crippen molar-refractivity contribution in [2.45, 2.75) is 17.9 Å². The summed E-state index contributed by atoms with van der Waals surface area (Å²) < 4.78 is 25.6. The maximum absolute atomic E-state index is 12.9. The summed E-state index contributed by atoms with van der Waals surface area (Å²) in [6, 6.07) is 15.5. The molecule has 0 aliphatic heterocycles. The Labute approximate surface area is 209 Å². The van der Waals surface area contributed by atoms with E-state index in [0.717, 1.165) is 11.6 Å². The van der Waals surface area contributed by atoms with Crippen LogP contribution in [0.25, 0.3) is 11.0 Å². The Hall–Kier alpha value is -4.13. The first-order valence-electron chi connectivity index (χ1n) is 10.3.